The maximum atomic E-state index is 11.8. The van der Waals surface area contributed by atoms with Crippen LogP contribution in [-0.2, 0) is 4.79 Å². The summed E-state index contributed by atoms with van der Waals surface area (Å²) in [6, 6.07) is 4.10. The first-order valence-corrected chi connectivity index (χ1v) is 7.86. The molecule has 5 heteroatoms. The van der Waals surface area contributed by atoms with Crippen molar-refractivity contribution >= 4 is 17.4 Å². The molecule has 2 rings (SSSR count). The van der Waals surface area contributed by atoms with E-state index < -0.39 is 0 Å². The van der Waals surface area contributed by atoms with Crippen LogP contribution in [0.1, 0.15) is 39.5 Å². The van der Waals surface area contributed by atoms with E-state index in [0.29, 0.717) is 6.04 Å². The van der Waals surface area contributed by atoms with E-state index in [1.165, 1.54) is 0 Å². The molecule has 2 heterocycles. The van der Waals surface area contributed by atoms with Gasteiger partial charge in [-0.15, -0.1) is 0 Å². The predicted octanol–water partition coefficient (Wildman–Crippen LogP) is 2.28. The summed E-state index contributed by atoms with van der Waals surface area (Å²) >= 11 is 0. The molecule has 1 aromatic heterocycles. The van der Waals surface area contributed by atoms with Crippen molar-refractivity contribution in [3.63, 3.8) is 0 Å². The zero-order chi connectivity index (χ0) is 15.2. The van der Waals surface area contributed by atoms with Gasteiger partial charge in [-0.3, -0.25) is 4.79 Å². The van der Waals surface area contributed by atoms with Gasteiger partial charge in [0.25, 0.3) is 0 Å². The topological polar surface area (TPSA) is 62.5 Å². The van der Waals surface area contributed by atoms with Crippen molar-refractivity contribution in [2.45, 2.75) is 45.6 Å². The standard InChI is InChI=1S/C16H26N4O/c1-3-4-10-20(13(2)21)14-7-11-19(12-8-14)16-15(17)6-5-9-18-16/h5-6,9,14H,3-4,7-8,10-12,17H2,1-2H3. The number of unbranched alkanes of at least 4 members (excludes halogenated alkanes) is 1. The lowest BCUT2D eigenvalue weighted by molar-refractivity contribution is -0.131. The summed E-state index contributed by atoms with van der Waals surface area (Å²) in [5.41, 5.74) is 6.72. The van der Waals surface area contributed by atoms with Crippen molar-refractivity contribution in [1.82, 2.24) is 9.88 Å². The number of nitrogens with two attached hydrogens (primary N) is 1. The molecule has 1 aromatic rings. The highest BCUT2D eigenvalue weighted by Crippen LogP contribution is 2.25. The molecule has 2 N–H and O–H groups in total. The SMILES string of the molecule is CCCCN(C(C)=O)C1CCN(c2ncccc2N)CC1. The lowest BCUT2D eigenvalue weighted by Crippen LogP contribution is -2.47. The van der Waals surface area contributed by atoms with Crippen LogP contribution < -0.4 is 10.6 Å². The van der Waals surface area contributed by atoms with Gasteiger partial charge in [0.2, 0.25) is 5.91 Å². The zero-order valence-electron chi connectivity index (χ0n) is 13.1. The molecule has 0 unspecified atom stereocenters. The third-order valence-electron chi connectivity index (χ3n) is 4.18. The maximum absolute atomic E-state index is 11.8. The predicted molar refractivity (Wildman–Crippen MR) is 86.2 cm³/mol. The Labute approximate surface area is 127 Å². The molecule has 0 bridgehead atoms. The van der Waals surface area contributed by atoms with Gasteiger partial charge < -0.3 is 15.5 Å². The molecule has 0 atom stereocenters. The first-order chi connectivity index (χ1) is 10.1. The van der Waals surface area contributed by atoms with Crippen molar-refractivity contribution < 1.29 is 4.79 Å². The van der Waals surface area contributed by atoms with Crippen LogP contribution >= 0.6 is 0 Å². The minimum atomic E-state index is 0.194. The summed E-state index contributed by atoms with van der Waals surface area (Å²) in [6.07, 6.45) is 5.94. The molecule has 21 heavy (non-hydrogen) atoms. The molecule has 0 aromatic carbocycles. The average molecular weight is 290 g/mol. The van der Waals surface area contributed by atoms with E-state index in [1.54, 1.807) is 13.1 Å². The molecule has 116 valence electrons. The summed E-state index contributed by atoms with van der Waals surface area (Å²) in [5.74, 6) is 1.07. The molecule has 1 amide bonds. The second-order valence-electron chi connectivity index (χ2n) is 5.70. The quantitative estimate of drug-likeness (QED) is 0.903. The highest BCUT2D eigenvalue weighted by Gasteiger charge is 2.26. The molecular weight excluding hydrogens is 264 g/mol. The largest absolute Gasteiger partial charge is 0.396 e. The van der Waals surface area contributed by atoms with Crippen LogP contribution in [0.25, 0.3) is 0 Å². The number of aromatic nitrogens is 1. The number of hydrogen-bond donors (Lipinski definition) is 1. The van der Waals surface area contributed by atoms with E-state index in [1.807, 2.05) is 17.0 Å². The van der Waals surface area contributed by atoms with Crippen LogP contribution in [0.3, 0.4) is 0 Å². The van der Waals surface area contributed by atoms with E-state index in [2.05, 4.69) is 16.8 Å². The summed E-state index contributed by atoms with van der Waals surface area (Å²) in [4.78, 5) is 20.5. The van der Waals surface area contributed by atoms with E-state index in [4.69, 9.17) is 5.73 Å². The van der Waals surface area contributed by atoms with Crippen molar-refractivity contribution in [3.8, 4) is 0 Å². The fraction of sp³-hybridized carbons (Fsp3) is 0.625. The molecule has 0 aliphatic carbocycles. The summed E-state index contributed by atoms with van der Waals surface area (Å²) < 4.78 is 0. The van der Waals surface area contributed by atoms with Crippen LogP contribution in [0.15, 0.2) is 18.3 Å². The molecule has 5 nitrogen and oxygen atoms in total. The smallest absolute Gasteiger partial charge is 0.219 e. The third kappa shape index (κ3) is 3.86. The zero-order valence-corrected chi connectivity index (χ0v) is 13.1. The van der Waals surface area contributed by atoms with Crippen molar-refractivity contribution in [2.75, 3.05) is 30.3 Å². The number of hydrogen-bond acceptors (Lipinski definition) is 4. The van der Waals surface area contributed by atoms with Crippen molar-refractivity contribution in [3.05, 3.63) is 18.3 Å². The fourth-order valence-electron chi connectivity index (χ4n) is 2.99. The van der Waals surface area contributed by atoms with Gasteiger partial charge >= 0.3 is 0 Å². The van der Waals surface area contributed by atoms with Gasteiger partial charge in [0.1, 0.15) is 0 Å². The second-order valence-corrected chi connectivity index (χ2v) is 5.70. The summed E-state index contributed by atoms with van der Waals surface area (Å²) in [7, 11) is 0. The Morgan fingerprint density at radius 3 is 2.76 bits per heavy atom. The van der Waals surface area contributed by atoms with Crippen LogP contribution in [-0.4, -0.2) is 41.5 Å². The van der Waals surface area contributed by atoms with Gasteiger partial charge in [0.15, 0.2) is 5.82 Å². The van der Waals surface area contributed by atoms with E-state index >= 15 is 0 Å². The average Bonchev–Trinajstić information content (AvgIpc) is 2.49. The number of nitrogen functional groups attached to an aromatic ring is 1. The number of pyridine rings is 1. The summed E-state index contributed by atoms with van der Waals surface area (Å²) in [5, 5.41) is 0. The van der Waals surface area contributed by atoms with Crippen LogP contribution in [0.4, 0.5) is 11.5 Å². The Bertz CT molecular complexity index is 469. The maximum Gasteiger partial charge on any atom is 0.219 e. The van der Waals surface area contributed by atoms with Gasteiger partial charge in [0, 0.05) is 38.8 Å². The number of rotatable bonds is 5. The van der Waals surface area contributed by atoms with Gasteiger partial charge in [-0.25, -0.2) is 4.98 Å². The third-order valence-corrected chi connectivity index (χ3v) is 4.18. The first kappa shape index (κ1) is 15.6. The molecule has 1 saturated heterocycles. The minimum Gasteiger partial charge on any atom is -0.396 e. The Balaban J connectivity index is 1.96. The van der Waals surface area contributed by atoms with Gasteiger partial charge in [-0.2, -0.15) is 0 Å². The lowest BCUT2D eigenvalue weighted by Gasteiger charge is -2.39. The van der Waals surface area contributed by atoms with Crippen LogP contribution in [0.2, 0.25) is 0 Å². The first-order valence-electron chi connectivity index (χ1n) is 7.86. The van der Waals surface area contributed by atoms with E-state index in [0.717, 1.165) is 56.8 Å². The fourth-order valence-corrected chi connectivity index (χ4v) is 2.99. The minimum absolute atomic E-state index is 0.194. The Hall–Kier alpha value is -1.78. The number of piperidine rings is 1. The van der Waals surface area contributed by atoms with Crippen molar-refractivity contribution in [1.29, 1.82) is 0 Å². The van der Waals surface area contributed by atoms with Gasteiger partial charge in [-0.1, -0.05) is 13.3 Å². The lowest BCUT2D eigenvalue weighted by atomic mass is 10.0. The highest BCUT2D eigenvalue weighted by atomic mass is 16.2. The molecule has 0 spiro atoms. The highest BCUT2D eigenvalue weighted by molar-refractivity contribution is 5.73. The molecule has 1 aliphatic rings. The number of carbonyl (C=O) groups is 1. The van der Waals surface area contributed by atoms with E-state index in [-0.39, 0.29) is 5.91 Å². The number of anilines is 2. The Kier molecular flexibility index (Phi) is 5.42. The monoisotopic (exact) mass is 290 g/mol. The van der Waals surface area contributed by atoms with Gasteiger partial charge in [-0.05, 0) is 31.4 Å². The summed E-state index contributed by atoms with van der Waals surface area (Å²) in [6.45, 7) is 6.52. The molecule has 1 fully saturated rings. The Morgan fingerprint density at radius 1 is 1.48 bits per heavy atom. The van der Waals surface area contributed by atoms with Gasteiger partial charge in [0.05, 0.1) is 5.69 Å². The number of amides is 1. The Morgan fingerprint density at radius 2 is 2.19 bits per heavy atom. The van der Waals surface area contributed by atoms with Crippen LogP contribution in [0, 0.1) is 0 Å². The van der Waals surface area contributed by atoms with Crippen LogP contribution in [0.5, 0.6) is 0 Å². The number of carbonyl (C=O) groups excluding carboxylic acids is 1. The molecule has 0 radical (unpaired) electrons. The van der Waals surface area contributed by atoms with E-state index in [9.17, 15) is 4.79 Å². The second kappa shape index (κ2) is 7.29. The molecule has 1 aliphatic heterocycles. The normalized spacial score (nSPS) is 16.0. The van der Waals surface area contributed by atoms with Crippen molar-refractivity contribution in [2.24, 2.45) is 0 Å². The molecule has 0 saturated carbocycles. The molecular formula is C16H26N4O. The number of nitrogens with zero attached hydrogens (tertiary/aromatic N) is 3.